The third-order valence-electron chi connectivity index (χ3n) is 4.97. The van der Waals surface area contributed by atoms with Gasteiger partial charge >= 0.3 is 0 Å². The first-order valence-electron chi connectivity index (χ1n) is 10.9. The molecular weight excluding hydrogens is 478 g/mol. The Balaban J connectivity index is 1.34. The zero-order valence-corrected chi connectivity index (χ0v) is 19.7. The van der Waals surface area contributed by atoms with Crippen molar-refractivity contribution in [3.63, 3.8) is 0 Å². The largest absolute Gasteiger partial charge is 0.483 e. The van der Waals surface area contributed by atoms with E-state index in [-0.39, 0.29) is 17.9 Å². The minimum absolute atomic E-state index is 0.238. The Labute approximate surface area is 212 Å². The van der Waals surface area contributed by atoms with Crippen molar-refractivity contribution in [2.24, 2.45) is 0 Å². The highest BCUT2D eigenvalue weighted by Crippen LogP contribution is 2.25. The Bertz CT molecular complexity index is 1410. The van der Waals surface area contributed by atoms with Crippen molar-refractivity contribution in [1.29, 1.82) is 5.26 Å². The summed E-state index contributed by atoms with van der Waals surface area (Å²) in [6.07, 6.45) is 0. The van der Waals surface area contributed by atoms with Gasteiger partial charge in [-0.05, 0) is 72.8 Å². The Kier molecular flexibility index (Phi) is 7.81. The number of benzene rings is 4. The number of nitrogens with zero attached hydrogens (tertiary/aromatic N) is 1. The minimum Gasteiger partial charge on any atom is -0.483 e. The summed E-state index contributed by atoms with van der Waals surface area (Å²) in [4.78, 5) is 25.2. The van der Waals surface area contributed by atoms with E-state index in [0.29, 0.717) is 33.5 Å². The first-order chi connectivity index (χ1) is 17.5. The zero-order valence-electron chi connectivity index (χ0n) is 18.9. The summed E-state index contributed by atoms with van der Waals surface area (Å²) in [5.41, 5.74) is 1.53. The molecule has 4 rings (SSSR count). The van der Waals surface area contributed by atoms with Crippen LogP contribution in [0.5, 0.6) is 17.2 Å². The summed E-state index contributed by atoms with van der Waals surface area (Å²) in [7, 11) is 0. The van der Waals surface area contributed by atoms with Gasteiger partial charge in [-0.15, -0.1) is 0 Å². The topological polar surface area (TPSA) is 100 Å². The molecule has 2 N–H and O–H groups in total. The molecule has 0 unspecified atom stereocenters. The van der Waals surface area contributed by atoms with E-state index >= 15 is 0 Å². The van der Waals surface area contributed by atoms with Crippen LogP contribution in [-0.4, -0.2) is 18.4 Å². The quantitative estimate of drug-likeness (QED) is 0.298. The van der Waals surface area contributed by atoms with Crippen molar-refractivity contribution >= 4 is 34.8 Å². The third kappa shape index (κ3) is 6.41. The van der Waals surface area contributed by atoms with Gasteiger partial charge in [0.1, 0.15) is 23.3 Å². The summed E-state index contributed by atoms with van der Waals surface area (Å²) in [6.45, 7) is -0.303. The van der Waals surface area contributed by atoms with Crippen LogP contribution in [0.25, 0.3) is 0 Å². The average Bonchev–Trinajstić information content (AvgIpc) is 2.90. The van der Waals surface area contributed by atoms with E-state index in [1.807, 2.05) is 6.07 Å². The number of nitrogens with one attached hydrogen (secondary N) is 2. The molecule has 0 atom stereocenters. The molecule has 0 saturated heterocycles. The predicted molar refractivity (Wildman–Crippen MR) is 138 cm³/mol. The molecule has 0 aliphatic heterocycles. The molecule has 0 heterocycles. The maximum absolute atomic E-state index is 12.8. The lowest BCUT2D eigenvalue weighted by Gasteiger charge is -2.13. The monoisotopic (exact) mass is 497 g/mol. The van der Waals surface area contributed by atoms with Gasteiger partial charge in [0.05, 0.1) is 16.8 Å². The Morgan fingerprint density at radius 1 is 0.806 bits per heavy atom. The highest BCUT2D eigenvalue weighted by Gasteiger charge is 2.15. The molecule has 8 heteroatoms. The van der Waals surface area contributed by atoms with Gasteiger partial charge in [0.15, 0.2) is 6.61 Å². The first-order valence-corrected chi connectivity index (χ1v) is 11.3. The molecule has 2 amide bonds. The number of ether oxygens (including phenoxy) is 2. The number of amides is 2. The molecule has 0 saturated carbocycles. The lowest BCUT2D eigenvalue weighted by atomic mass is 10.1. The Morgan fingerprint density at radius 2 is 1.44 bits per heavy atom. The Hall–Kier alpha value is -4.80. The molecule has 0 bridgehead atoms. The molecule has 178 valence electrons. The minimum atomic E-state index is -0.454. The fourth-order valence-electron chi connectivity index (χ4n) is 3.24. The number of rotatable bonds is 8. The lowest BCUT2D eigenvalue weighted by molar-refractivity contribution is -0.118. The van der Waals surface area contributed by atoms with E-state index in [1.165, 1.54) is 0 Å². The third-order valence-corrected chi connectivity index (χ3v) is 5.23. The molecule has 0 radical (unpaired) electrons. The van der Waals surface area contributed by atoms with Crippen LogP contribution in [-0.2, 0) is 4.79 Å². The van der Waals surface area contributed by atoms with E-state index < -0.39 is 11.8 Å². The maximum atomic E-state index is 12.8. The summed E-state index contributed by atoms with van der Waals surface area (Å²) in [5, 5.41) is 15.3. The molecule has 0 aromatic heterocycles. The summed E-state index contributed by atoms with van der Waals surface area (Å²) in [5.74, 6) is 0.635. The van der Waals surface area contributed by atoms with E-state index in [9.17, 15) is 14.9 Å². The van der Waals surface area contributed by atoms with Gasteiger partial charge in [0.25, 0.3) is 11.8 Å². The van der Waals surface area contributed by atoms with E-state index in [2.05, 4.69) is 10.6 Å². The second-order valence-electron chi connectivity index (χ2n) is 7.52. The average molecular weight is 498 g/mol. The summed E-state index contributed by atoms with van der Waals surface area (Å²) >= 11 is 5.88. The number of nitriles is 1. The van der Waals surface area contributed by atoms with Crippen molar-refractivity contribution in [2.75, 3.05) is 17.2 Å². The molecule has 4 aromatic rings. The zero-order chi connectivity index (χ0) is 25.3. The number of anilines is 2. The van der Waals surface area contributed by atoms with Crippen molar-refractivity contribution in [2.45, 2.75) is 0 Å². The number of hydrogen-bond donors (Lipinski definition) is 2. The number of hydrogen-bond acceptors (Lipinski definition) is 5. The van der Waals surface area contributed by atoms with Gasteiger partial charge in [-0.1, -0.05) is 35.9 Å². The molecule has 7 nitrogen and oxygen atoms in total. The smallest absolute Gasteiger partial charge is 0.262 e. The van der Waals surface area contributed by atoms with E-state index in [4.69, 9.17) is 21.1 Å². The van der Waals surface area contributed by atoms with Crippen LogP contribution < -0.4 is 20.1 Å². The predicted octanol–water partition coefficient (Wildman–Crippen LogP) is 6.27. The van der Waals surface area contributed by atoms with Crippen LogP contribution in [0.4, 0.5) is 11.4 Å². The SMILES string of the molecule is N#Cc1ccccc1NC(=O)c1ccccc1OCC(=O)Nc1ccc(Oc2ccc(Cl)cc2)cc1. The number of carbonyl (C=O) groups excluding carboxylic acids is 2. The van der Waals surface area contributed by atoms with Gasteiger partial charge in [-0.2, -0.15) is 5.26 Å². The molecule has 0 spiro atoms. The lowest BCUT2D eigenvalue weighted by Crippen LogP contribution is -2.21. The van der Waals surface area contributed by atoms with Gasteiger partial charge in [0, 0.05) is 10.7 Å². The molecule has 36 heavy (non-hydrogen) atoms. The van der Waals surface area contributed by atoms with Crippen molar-refractivity contribution in [3.05, 3.63) is 113 Å². The van der Waals surface area contributed by atoms with E-state index in [0.717, 1.165) is 0 Å². The maximum Gasteiger partial charge on any atom is 0.262 e. The highest BCUT2D eigenvalue weighted by molar-refractivity contribution is 6.30. The fraction of sp³-hybridized carbons (Fsp3) is 0.0357. The molecule has 0 fully saturated rings. The van der Waals surface area contributed by atoms with Gasteiger partial charge < -0.3 is 20.1 Å². The standard InChI is InChI=1S/C28H20ClN3O4/c29-20-9-13-22(14-10-20)36-23-15-11-21(12-16-23)31-27(33)18-35-26-8-4-2-6-24(26)28(34)32-25-7-3-1-5-19(25)17-30/h1-16H,18H2,(H,31,33)(H,32,34). The van der Waals surface area contributed by atoms with Gasteiger partial charge in [0.2, 0.25) is 0 Å². The van der Waals surface area contributed by atoms with Crippen LogP contribution in [0.15, 0.2) is 97.1 Å². The summed E-state index contributed by atoms with van der Waals surface area (Å²) in [6, 6.07) is 29.1. The second-order valence-corrected chi connectivity index (χ2v) is 7.96. The van der Waals surface area contributed by atoms with Crippen LogP contribution in [0.2, 0.25) is 5.02 Å². The Morgan fingerprint density at radius 3 is 2.17 bits per heavy atom. The number of halogens is 1. The van der Waals surface area contributed by atoms with Crippen molar-refractivity contribution in [1.82, 2.24) is 0 Å². The first kappa shape index (κ1) is 24.3. The van der Waals surface area contributed by atoms with Crippen molar-refractivity contribution < 1.29 is 19.1 Å². The van der Waals surface area contributed by atoms with Crippen molar-refractivity contribution in [3.8, 4) is 23.3 Å². The highest BCUT2D eigenvalue weighted by atomic mass is 35.5. The number of carbonyl (C=O) groups is 2. The normalized spacial score (nSPS) is 10.1. The van der Waals surface area contributed by atoms with Crippen LogP contribution in [0.1, 0.15) is 15.9 Å². The number of para-hydroxylation sites is 2. The van der Waals surface area contributed by atoms with Gasteiger partial charge in [-0.25, -0.2) is 0 Å². The van der Waals surface area contributed by atoms with E-state index in [1.54, 1.807) is 97.1 Å². The molecule has 4 aromatic carbocycles. The second kappa shape index (κ2) is 11.6. The molecular formula is C28H20ClN3O4. The van der Waals surface area contributed by atoms with Crippen LogP contribution in [0, 0.1) is 11.3 Å². The molecule has 0 aliphatic carbocycles. The van der Waals surface area contributed by atoms with Gasteiger partial charge in [-0.3, -0.25) is 9.59 Å². The van der Waals surface area contributed by atoms with Crippen LogP contribution >= 0.6 is 11.6 Å². The molecule has 0 aliphatic rings. The fourth-order valence-corrected chi connectivity index (χ4v) is 3.37. The summed E-state index contributed by atoms with van der Waals surface area (Å²) < 4.78 is 11.4. The van der Waals surface area contributed by atoms with Crippen LogP contribution in [0.3, 0.4) is 0 Å².